The van der Waals surface area contributed by atoms with Gasteiger partial charge in [0.05, 0.1) is 5.69 Å². The molecule has 1 atom stereocenters. The van der Waals surface area contributed by atoms with Gasteiger partial charge >= 0.3 is 5.97 Å². The van der Waals surface area contributed by atoms with E-state index in [0.717, 1.165) is 34.3 Å². The van der Waals surface area contributed by atoms with E-state index in [1.165, 1.54) is 0 Å². The standard InChI is InChI=1S/C16H15BrN2O2/c17-12-5-6-13(18-9-12)10-19-8-7-11-3-1-2-4-14(11)15(19)16(20)21/h1-6,9,15H,7-8,10H2,(H,20,21). The third kappa shape index (κ3) is 2.99. The number of pyridine rings is 1. The molecule has 1 aliphatic rings. The van der Waals surface area contributed by atoms with Crippen LogP contribution >= 0.6 is 15.9 Å². The van der Waals surface area contributed by atoms with Crippen LogP contribution in [0, 0.1) is 0 Å². The van der Waals surface area contributed by atoms with E-state index in [1.807, 2.05) is 41.3 Å². The van der Waals surface area contributed by atoms with Gasteiger partial charge in [0.1, 0.15) is 6.04 Å². The van der Waals surface area contributed by atoms with Crippen LogP contribution in [-0.2, 0) is 17.8 Å². The first kappa shape index (κ1) is 14.2. The van der Waals surface area contributed by atoms with E-state index in [0.29, 0.717) is 6.54 Å². The first-order chi connectivity index (χ1) is 10.1. The number of aliphatic carboxylic acids is 1. The highest BCUT2D eigenvalue weighted by atomic mass is 79.9. The molecule has 1 aromatic heterocycles. The number of nitrogens with zero attached hydrogens (tertiary/aromatic N) is 2. The van der Waals surface area contributed by atoms with Crippen molar-refractivity contribution in [3.63, 3.8) is 0 Å². The number of aromatic nitrogens is 1. The first-order valence-electron chi connectivity index (χ1n) is 6.80. The van der Waals surface area contributed by atoms with E-state index in [-0.39, 0.29) is 0 Å². The maximum Gasteiger partial charge on any atom is 0.325 e. The lowest BCUT2D eigenvalue weighted by Crippen LogP contribution is -2.39. The molecule has 0 fully saturated rings. The maximum atomic E-state index is 11.7. The van der Waals surface area contributed by atoms with Crippen molar-refractivity contribution in [2.24, 2.45) is 0 Å². The van der Waals surface area contributed by atoms with Crippen molar-refractivity contribution in [2.45, 2.75) is 19.0 Å². The third-order valence-corrected chi connectivity index (χ3v) is 4.24. The van der Waals surface area contributed by atoms with E-state index in [1.54, 1.807) is 6.20 Å². The van der Waals surface area contributed by atoms with Gasteiger partial charge in [-0.3, -0.25) is 14.7 Å². The molecule has 1 unspecified atom stereocenters. The highest BCUT2D eigenvalue weighted by Gasteiger charge is 2.32. The lowest BCUT2D eigenvalue weighted by molar-refractivity contribution is -0.144. The summed E-state index contributed by atoms with van der Waals surface area (Å²) in [5.74, 6) is -0.806. The molecule has 0 aliphatic carbocycles. The largest absolute Gasteiger partial charge is 0.480 e. The van der Waals surface area contributed by atoms with Gasteiger partial charge in [0.15, 0.2) is 0 Å². The number of rotatable bonds is 3. The van der Waals surface area contributed by atoms with Gasteiger partial charge in [-0.05, 0) is 45.6 Å². The molecule has 3 rings (SSSR count). The van der Waals surface area contributed by atoms with Crippen LogP contribution in [0.3, 0.4) is 0 Å². The van der Waals surface area contributed by atoms with Gasteiger partial charge < -0.3 is 5.11 Å². The van der Waals surface area contributed by atoms with E-state index >= 15 is 0 Å². The summed E-state index contributed by atoms with van der Waals surface area (Å²) in [6, 6.07) is 11.0. The second kappa shape index (κ2) is 5.95. The summed E-state index contributed by atoms with van der Waals surface area (Å²) in [6.45, 7) is 1.27. The van der Waals surface area contributed by atoms with Gasteiger partial charge in [-0.2, -0.15) is 0 Å². The fraction of sp³-hybridized carbons (Fsp3) is 0.250. The summed E-state index contributed by atoms with van der Waals surface area (Å²) in [5.41, 5.74) is 2.90. The van der Waals surface area contributed by atoms with Crippen molar-refractivity contribution in [3.8, 4) is 0 Å². The van der Waals surface area contributed by atoms with Crippen LogP contribution in [0.5, 0.6) is 0 Å². The zero-order chi connectivity index (χ0) is 14.8. The molecule has 0 saturated carbocycles. The predicted octanol–water partition coefficient (Wildman–Crippen LogP) is 3.03. The molecule has 0 bridgehead atoms. The lowest BCUT2D eigenvalue weighted by atomic mass is 9.92. The Morgan fingerprint density at radius 2 is 2.14 bits per heavy atom. The van der Waals surface area contributed by atoms with Gasteiger partial charge in [-0.1, -0.05) is 24.3 Å². The molecule has 4 nitrogen and oxygen atoms in total. The Morgan fingerprint density at radius 3 is 2.86 bits per heavy atom. The number of fused-ring (bicyclic) bond motifs is 1. The Balaban J connectivity index is 1.88. The molecule has 108 valence electrons. The van der Waals surface area contributed by atoms with Crippen LogP contribution in [-0.4, -0.2) is 27.5 Å². The second-order valence-electron chi connectivity index (χ2n) is 5.13. The van der Waals surface area contributed by atoms with Crippen molar-refractivity contribution >= 4 is 21.9 Å². The molecule has 2 aromatic rings. The Kier molecular flexibility index (Phi) is 4.03. The molecular formula is C16H15BrN2O2. The van der Waals surface area contributed by atoms with Crippen LogP contribution < -0.4 is 0 Å². The quantitative estimate of drug-likeness (QED) is 0.927. The Bertz CT molecular complexity index is 658. The van der Waals surface area contributed by atoms with Crippen molar-refractivity contribution in [3.05, 3.63) is 63.9 Å². The minimum atomic E-state index is -0.806. The van der Waals surface area contributed by atoms with Crippen molar-refractivity contribution in [2.75, 3.05) is 6.54 Å². The summed E-state index contributed by atoms with van der Waals surface area (Å²) >= 11 is 3.36. The molecule has 1 aromatic carbocycles. The highest BCUT2D eigenvalue weighted by molar-refractivity contribution is 9.10. The van der Waals surface area contributed by atoms with Crippen LogP contribution in [0.15, 0.2) is 47.1 Å². The topological polar surface area (TPSA) is 53.4 Å². The normalized spacial score (nSPS) is 18.2. The smallest absolute Gasteiger partial charge is 0.325 e. The maximum absolute atomic E-state index is 11.7. The molecule has 1 aliphatic heterocycles. The fourth-order valence-electron chi connectivity index (χ4n) is 2.79. The highest BCUT2D eigenvalue weighted by Crippen LogP contribution is 2.30. The van der Waals surface area contributed by atoms with Gasteiger partial charge in [0.2, 0.25) is 0 Å². The number of hydrogen-bond donors (Lipinski definition) is 1. The number of hydrogen-bond acceptors (Lipinski definition) is 3. The average molecular weight is 347 g/mol. The van der Waals surface area contributed by atoms with E-state index in [2.05, 4.69) is 20.9 Å². The van der Waals surface area contributed by atoms with Gasteiger partial charge in [0, 0.05) is 23.8 Å². The van der Waals surface area contributed by atoms with Gasteiger partial charge in [0.25, 0.3) is 0 Å². The molecule has 1 N–H and O–H groups in total. The molecule has 2 heterocycles. The van der Waals surface area contributed by atoms with E-state index in [9.17, 15) is 9.90 Å². The van der Waals surface area contributed by atoms with E-state index < -0.39 is 12.0 Å². The molecule has 21 heavy (non-hydrogen) atoms. The fourth-order valence-corrected chi connectivity index (χ4v) is 3.02. The van der Waals surface area contributed by atoms with Crippen molar-refractivity contribution in [1.82, 2.24) is 9.88 Å². The zero-order valence-corrected chi connectivity index (χ0v) is 13.0. The summed E-state index contributed by atoms with van der Waals surface area (Å²) in [6.07, 6.45) is 2.61. The number of carboxylic acids is 1. The summed E-state index contributed by atoms with van der Waals surface area (Å²) in [5, 5.41) is 9.61. The number of carboxylic acid groups (broad SMARTS) is 1. The number of benzene rings is 1. The first-order valence-corrected chi connectivity index (χ1v) is 7.59. The Labute approximate surface area is 131 Å². The minimum absolute atomic E-state index is 0.540. The summed E-state index contributed by atoms with van der Waals surface area (Å²) in [7, 11) is 0. The van der Waals surface area contributed by atoms with Crippen molar-refractivity contribution < 1.29 is 9.90 Å². The molecule has 0 radical (unpaired) electrons. The average Bonchev–Trinajstić information content (AvgIpc) is 2.49. The third-order valence-electron chi connectivity index (χ3n) is 3.77. The molecule has 0 saturated heterocycles. The molecule has 5 heteroatoms. The zero-order valence-electron chi connectivity index (χ0n) is 11.4. The predicted molar refractivity (Wildman–Crippen MR) is 82.9 cm³/mol. The summed E-state index contributed by atoms with van der Waals surface area (Å²) in [4.78, 5) is 18.0. The molecule has 0 amide bonds. The van der Waals surface area contributed by atoms with E-state index in [4.69, 9.17) is 0 Å². The Hall–Kier alpha value is -1.72. The minimum Gasteiger partial charge on any atom is -0.480 e. The molecular weight excluding hydrogens is 332 g/mol. The van der Waals surface area contributed by atoms with Crippen LogP contribution in [0.25, 0.3) is 0 Å². The van der Waals surface area contributed by atoms with Crippen LogP contribution in [0.1, 0.15) is 22.9 Å². The number of carbonyl (C=O) groups is 1. The van der Waals surface area contributed by atoms with Crippen LogP contribution in [0.2, 0.25) is 0 Å². The monoisotopic (exact) mass is 346 g/mol. The van der Waals surface area contributed by atoms with Gasteiger partial charge in [-0.25, -0.2) is 0 Å². The van der Waals surface area contributed by atoms with Gasteiger partial charge in [-0.15, -0.1) is 0 Å². The van der Waals surface area contributed by atoms with Crippen LogP contribution in [0.4, 0.5) is 0 Å². The Morgan fingerprint density at radius 1 is 1.33 bits per heavy atom. The molecule has 0 spiro atoms. The lowest BCUT2D eigenvalue weighted by Gasteiger charge is -2.34. The summed E-state index contributed by atoms with van der Waals surface area (Å²) < 4.78 is 0.921. The van der Waals surface area contributed by atoms with Crippen molar-refractivity contribution in [1.29, 1.82) is 0 Å². The number of halogens is 1. The second-order valence-corrected chi connectivity index (χ2v) is 6.04. The SMILES string of the molecule is O=C(O)C1c2ccccc2CCN1Cc1ccc(Br)cn1.